The van der Waals surface area contributed by atoms with Crippen LogP contribution in [0.3, 0.4) is 0 Å². The Morgan fingerprint density at radius 2 is 1.69 bits per heavy atom. The first kappa shape index (κ1) is 18.9. The second kappa shape index (κ2) is 7.56. The van der Waals surface area contributed by atoms with E-state index in [0.717, 1.165) is 5.39 Å². The molecule has 4 rings (SSSR count). The van der Waals surface area contributed by atoms with E-state index in [0.29, 0.717) is 34.9 Å². The predicted octanol–water partition coefficient (Wildman–Crippen LogP) is 4.40. The van der Waals surface area contributed by atoms with Crippen LogP contribution in [0.4, 0.5) is 5.69 Å². The van der Waals surface area contributed by atoms with Crippen molar-refractivity contribution in [1.29, 1.82) is 0 Å². The summed E-state index contributed by atoms with van der Waals surface area (Å²) in [4.78, 5) is 0.160. The molecule has 0 saturated heterocycles. The lowest BCUT2D eigenvalue weighted by Crippen LogP contribution is -2.14. The third-order valence-electron chi connectivity index (χ3n) is 4.36. The Hall–Kier alpha value is -3.39. The minimum absolute atomic E-state index is 0.160. The summed E-state index contributed by atoms with van der Waals surface area (Å²) < 4.78 is 40.3. The van der Waals surface area contributed by atoms with Gasteiger partial charge in [-0.2, -0.15) is 0 Å². The number of rotatable bonds is 6. The summed E-state index contributed by atoms with van der Waals surface area (Å²) >= 11 is 0. The predicted molar refractivity (Wildman–Crippen MR) is 110 cm³/mol. The molecule has 1 N–H and O–H groups in total. The lowest BCUT2D eigenvalue weighted by Gasteiger charge is -2.14. The number of nitrogens with zero attached hydrogens (tertiary/aromatic N) is 2. The van der Waals surface area contributed by atoms with Gasteiger partial charge in [0.2, 0.25) is 11.8 Å². The molecule has 0 radical (unpaired) electrons. The van der Waals surface area contributed by atoms with Crippen LogP contribution in [-0.2, 0) is 10.0 Å². The molecule has 7 nitrogen and oxygen atoms in total. The Labute approximate surface area is 168 Å². The molecule has 0 aliphatic carbocycles. The first-order valence-electron chi connectivity index (χ1n) is 9.06. The Kier molecular flexibility index (Phi) is 4.94. The van der Waals surface area contributed by atoms with E-state index in [4.69, 9.17) is 9.15 Å². The van der Waals surface area contributed by atoms with Crippen LogP contribution in [-0.4, -0.2) is 25.2 Å². The first-order chi connectivity index (χ1) is 14.0. The maximum absolute atomic E-state index is 13.3. The molecule has 0 atom stereocenters. The smallest absolute Gasteiger partial charge is 0.262 e. The molecule has 0 amide bonds. The fraction of sp³-hybridized carbons (Fsp3) is 0.143. The molecular formula is C21H19N3O4S. The highest BCUT2D eigenvalue weighted by Gasteiger charge is 2.21. The van der Waals surface area contributed by atoms with E-state index in [-0.39, 0.29) is 10.8 Å². The summed E-state index contributed by atoms with van der Waals surface area (Å²) in [5.74, 6) is 1.29. The van der Waals surface area contributed by atoms with Crippen LogP contribution >= 0.6 is 0 Å². The van der Waals surface area contributed by atoms with Gasteiger partial charge in [0.15, 0.2) is 0 Å². The maximum atomic E-state index is 13.3. The number of sulfonamides is 1. The number of aromatic nitrogens is 2. The van der Waals surface area contributed by atoms with Crippen molar-refractivity contribution in [3.05, 3.63) is 66.6 Å². The van der Waals surface area contributed by atoms with Crippen molar-refractivity contribution in [2.45, 2.75) is 18.7 Å². The molecule has 8 heteroatoms. The zero-order valence-corrected chi connectivity index (χ0v) is 16.7. The molecule has 0 spiro atoms. The zero-order chi connectivity index (χ0) is 20.4. The third kappa shape index (κ3) is 3.66. The normalized spacial score (nSPS) is 11.5. The molecule has 3 aromatic carbocycles. The number of anilines is 1. The molecule has 0 unspecified atom stereocenters. The summed E-state index contributed by atoms with van der Waals surface area (Å²) in [6.07, 6.45) is 0. The molecule has 29 heavy (non-hydrogen) atoms. The van der Waals surface area contributed by atoms with Gasteiger partial charge in [0.25, 0.3) is 10.0 Å². The van der Waals surface area contributed by atoms with E-state index >= 15 is 0 Å². The molecule has 0 bridgehead atoms. The van der Waals surface area contributed by atoms with Crippen molar-refractivity contribution in [2.24, 2.45) is 0 Å². The second-order valence-electron chi connectivity index (χ2n) is 6.32. The second-order valence-corrected chi connectivity index (χ2v) is 7.97. The number of ether oxygens (including phenoxy) is 1. The Morgan fingerprint density at radius 3 is 2.41 bits per heavy atom. The number of para-hydroxylation sites is 1. The number of benzene rings is 3. The van der Waals surface area contributed by atoms with Crippen LogP contribution in [0, 0.1) is 6.92 Å². The molecule has 0 fully saturated rings. The molecule has 0 aliphatic rings. The fourth-order valence-corrected chi connectivity index (χ4v) is 4.42. The van der Waals surface area contributed by atoms with Crippen LogP contribution in [0.25, 0.3) is 22.2 Å². The quantitative estimate of drug-likeness (QED) is 0.507. The Bertz CT molecular complexity index is 1280. The highest BCUT2D eigenvalue weighted by atomic mass is 32.2. The summed E-state index contributed by atoms with van der Waals surface area (Å²) in [7, 11) is -3.89. The monoisotopic (exact) mass is 409 g/mol. The SMILES string of the molecule is CCOc1ccc(S(=O)(=O)Nc2ccccc2-c2nnc(C)o2)c2ccccc12. The number of aryl methyl sites for hydroxylation is 1. The molecule has 0 aliphatic heterocycles. The highest BCUT2D eigenvalue weighted by Crippen LogP contribution is 2.34. The van der Waals surface area contributed by atoms with E-state index < -0.39 is 10.0 Å². The molecule has 4 aromatic rings. The van der Waals surface area contributed by atoms with Crippen LogP contribution in [0.15, 0.2) is 70.0 Å². The molecule has 148 valence electrons. The van der Waals surface area contributed by atoms with Gasteiger partial charge in [-0.3, -0.25) is 4.72 Å². The van der Waals surface area contributed by atoms with Gasteiger partial charge in [-0.25, -0.2) is 8.42 Å². The van der Waals surface area contributed by atoms with Gasteiger partial charge in [0.1, 0.15) is 5.75 Å². The standard InChI is InChI=1S/C21H19N3O4S/c1-3-27-19-12-13-20(16-9-5-4-8-15(16)19)29(25,26)24-18-11-7-6-10-17(18)21-23-22-14(2)28-21/h4-13,24H,3H2,1-2H3. The lowest BCUT2D eigenvalue weighted by molar-refractivity contribution is 0.344. The average molecular weight is 409 g/mol. The van der Waals surface area contributed by atoms with Gasteiger partial charge < -0.3 is 9.15 Å². The minimum atomic E-state index is -3.89. The maximum Gasteiger partial charge on any atom is 0.262 e. The lowest BCUT2D eigenvalue weighted by atomic mass is 10.1. The van der Waals surface area contributed by atoms with E-state index in [1.165, 1.54) is 0 Å². The van der Waals surface area contributed by atoms with E-state index in [1.54, 1.807) is 55.5 Å². The van der Waals surface area contributed by atoms with Crippen LogP contribution in [0.5, 0.6) is 5.75 Å². The van der Waals surface area contributed by atoms with Crippen LogP contribution in [0.2, 0.25) is 0 Å². The third-order valence-corrected chi connectivity index (χ3v) is 5.78. The van der Waals surface area contributed by atoms with Crippen molar-refractivity contribution < 1.29 is 17.6 Å². The van der Waals surface area contributed by atoms with Crippen molar-refractivity contribution in [3.63, 3.8) is 0 Å². The van der Waals surface area contributed by atoms with Gasteiger partial charge in [-0.05, 0) is 31.2 Å². The average Bonchev–Trinajstić information content (AvgIpc) is 3.14. The first-order valence-corrected chi connectivity index (χ1v) is 10.5. The number of hydrogen-bond donors (Lipinski definition) is 1. The number of nitrogens with one attached hydrogen (secondary N) is 1. The van der Waals surface area contributed by atoms with Crippen LogP contribution in [0.1, 0.15) is 12.8 Å². The largest absolute Gasteiger partial charge is 0.493 e. The summed E-state index contributed by atoms with van der Waals surface area (Å²) in [5, 5.41) is 9.13. The van der Waals surface area contributed by atoms with Crippen LogP contribution < -0.4 is 9.46 Å². The van der Waals surface area contributed by atoms with Crippen molar-refractivity contribution in [1.82, 2.24) is 10.2 Å². The van der Waals surface area contributed by atoms with Gasteiger partial charge in [0.05, 0.1) is 22.8 Å². The minimum Gasteiger partial charge on any atom is -0.493 e. The molecular weight excluding hydrogens is 390 g/mol. The summed E-state index contributed by atoms with van der Waals surface area (Å²) in [6, 6.07) is 17.4. The Morgan fingerprint density at radius 1 is 0.966 bits per heavy atom. The molecule has 1 heterocycles. The van der Waals surface area contributed by atoms with Crippen molar-refractivity contribution in [2.75, 3.05) is 11.3 Å². The van der Waals surface area contributed by atoms with Gasteiger partial charge in [-0.15, -0.1) is 10.2 Å². The van der Waals surface area contributed by atoms with E-state index in [2.05, 4.69) is 14.9 Å². The fourth-order valence-electron chi connectivity index (χ4n) is 3.12. The number of hydrogen-bond acceptors (Lipinski definition) is 6. The van der Waals surface area contributed by atoms with Gasteiger partial charge in [0, 0.05) is 17.7 Å². The molecule has 0 saturated carbocycles. The zero-order valence-electron chi connectivity index (χ0n) is 15.9. The summed E-state index contributed by atoms with van der Waals surface area (Å²) in [5.41, 5.74) is 0.862. The summed E-state index contributed by atoms with van der Waals surface area (Å²) in [6.45, 7) is 4.05. The molecule has 1 aromatic heterocycles. The van der Waals surface area contributed by atoms with E-state index in [9.17, 15) is 8.42 Å². The van der Waals surface area contributed by atoms with Gasteiger partial charge in [-0.1, -0.05) is 36.4 Å². The highest BCUT2D eigenvalue weighted by molar-refractivity contribution is 7.93. The topological polar surface area (TPSA) is 94.3 Å². The Balaban J connectivity index is 1.79. The van der Waals surface area contributed by atoms with Crippen molar-refractivity contribution in [3.8, 4) is 17.2 Å². The van der Waals surface area contributed by atoms with Gasteiger partial charge >= 0.3 is 0 Å². The van der Waals surface area contributed by atoms with Crippen molar-refractivity contribution >= 4 is 26.5 Å². The number of fused-ring (bicyclic) bond motifs is 1. The van der Waals surface area contributed by atoms with E-state index in [1.807, 2.05) is 19.1 Å².